The second-order valence-electron chi connectivity index (χ2n) is 6.25. The Hall–Kier alpha value is -2.15. The quantitative estimate of drug-likeness (QED) is 0.909. The minimum atomic E-state index is -0.0823. The molecule has 130 valence electrons. The van der Waals surface area contributed by atoms with Gasteiger partial charge in [0.25, 0.3) is 5.91 Å². The fourth-order valence-corrected chi connectivity index (χ4v) is 3.38. The third kappa shape index (κ3) is 3.08. The summed E-state index contributed by atoms with van der Waals surface area (Å²) < 4.78 is 10.4. The lowest BCUT2D eigenvalue weighted by Gasteiger charge is -2.32. The van der Waals surface area contributed by atoms with Crippen molar-refractivity contribution >= 4 is 5.91 Å². The molecule has 7 nitrogen and oxygen atoms in total. The molecule has 24 heavy (non-hydrogen) atoms. The second kappa shape index (κ2) is 7.17. The van der Waals surface area contributed by atoms with E-state index in [1.54, 1.807) is 14.0 Å². The fraction of sp³-hybridized carbons (Fsp3) is 0.588. The zero-order valence-electron chi connectivity index (χ0n) is 14.5. The highest BCUT2D eigenvalue weighted by Gasteiger charge is 2.30. The number of nitrogens with one attached hydrogen (secondary N) is 1. The maximum atomic E-state index is 12.9. The van der Waals surface area contributed by atoms with Crippen molar-refractivity contribution in [2.45, 2.75) is 45.6 Å². The predicted octanol–water partition coefficient (Wildman–Crippen LogP) is 2.43. The van der Waals surface area contributed by atoms with Gasteiger partial charge >= 0.3 is 0 Å². The first-order valence-electron chi connectivity index (χ1n) is 8.41. The number of ether oxygens (including phenoxy) is 1. The van der Waals surface area contributed by atoms with Crippen molar-refractivity contribution in [3.63, 3.8) is 0 Å². The van der Waals surface area contributed by atoms with E-state index in [0.29, 0.717) is 30.5 Å². The number of piperidine rings is 1. The zero-order chi connectivity index (χ0) is 17.1. The summed E-state index contributed by atoms with van der Waals surface area (Å²) in [7, 11) is 1.60. The highest BCUT2D eigenvalue weighted by atomic mass is 16.5. The van der Waals surface area contributed by atoms with Gasteiger partial charge in [-0.1, -0.05) is 12.1 Å². The smallest absolute Gasteiger partial charge is 0.276 e. The number of amides is 1. The van der Waals surface area contributed by atoms with E-state index in [2.05, 4.69) is 22.3 Å². The van der Waals surface area contributed by atoms with Gasteiger partial charge in [0.05, 0.1) is 18.4 Å². The standard InChI is InChI=1S/C17H24N4O3/c1-4-12-8-18-19-15(12)13-6-5-7-21(9-13)17(22)16-14(10-23-3)11(2)24-20-16/h8,13H,4-7,9-10H2,1-3H3,(H,18,19)/t13-/m0/s1. The Morgan fingerprint density at radius 3 is 3.12 bits per heavy atom. The van der Waals surface area contributed by atoms with Crippen molar-refractivity contribution in [2.24, 2.45) is 0 Å². The van der Waals surface area contributed by atoms with Crippen LogP contribution in [0.3, 0.4) is 0 Å². The van der Waals surface area contributed by atoms with Gasteiger partial charge in [0, 0.05) is 31.8 Å². The zero-order valence-corrected chi connectivity index (χ0v) is 14.5. The summed E-state index contributed by atoms with van der Waals surface area (Å²) in [6.07, 6.45) is 4.85. The highest BCUT2D eigenvalue weighted by molar-refractivity contribution is 5.93. The summed E-state index contributed by atoms with van der Waals surface area (Å²) in [5.74, 6) is 0.843. The van der Waals surface area contributed by atoms with Crippen molar-refractivity contribution in [1.29, 1.82) is 0 Å². The lowest BCUT2D eigenvalue weighted by atomic mass is 9.91. The van der Waals surface area contributed by atoms with Crippen molar-refractivity contribution in [1.82, 2.24) is 20.3 Å². The number of aromatic amines is 1. The minimum absolute atomic E-state index is 0.0823. The van der Waals surface area contributed by atoms with Crippen LogP contribution in [0.5, 0.6) is 0 Å². The van der Waals surface area contributed by atoms with Crippen LogP contribution in [0.15, 0.2) is 10.7 Å². The average Bonchev–Trinajstić information content (AvgIpc) is 3.22. The van der Waals surface area contributed by atoms with Crippen molar-refractivity contribution in [2.75, 3.05) is 20.2 Å². The van der Waals surface area contributed by atoms with Gasteiger partial charge in [-0.2, -0.15) is 5.10 Å². The molecule has 0 aliphatic carbocycles. The van der Waals surface area contributed by atoms with Gasteiger partial charge in [-0.05, 0) is 31.7 Å². The Balaban J connectivity index is 1.78. The van der Waals surface area contributed by atoms with Gasteiger partial charge in [-0.15, -0.1) is 0 Å². The summed E-state index contributed by atoms with van der Waals surface area (Å²) in [4.78, 5) is 14.8. The molecule has 1 N–H and O–H groups in total. The summed E-state index contributed by atoms with van der Waals surface area (Å²) in [5, 5.41) is 11.2. The molecule has 2 aromatic rings. The molecule has 2 aromatic heterocycles. The van der Waals surface area contributed by atoms with Crippen LogP contribution in [-0.4, -0.2) is 46.4 Å². The number of methoxy groups -OCH3 is 1. The molecule has 1 atom stereocenters. The minimum Gasteiger partial charge on any atom is -0.380 e. The maximum Gasteiger partial charge on any atom is 0.276 e. The van der Waals surface area contributed by atoms with Crippen molar-refractivity contribution in [3.05, 3.63) is 34.5 Å². The van der Waals surface area contributed by atoms with Crippen LogP contribution < -0.4 is 0 Å². The monoisotopic (exact) mass is 332 g/mol. The Bertz CT molecular complexity index is 707. The molecule has 0 saturated carbocycles. The van der Waals surface area contributed by atoms with E-state index in [1.165, 1.54) is 5.56 Å². The largest absolute Gasteiger partial charge is 0.380 e. The van der Waals surface area contributed by atoms with E-state index < -0.39 is 0 Å². The molecular formula is C17H24N4O3. The van der Waals surface area contributed by atoms with Gasteiger partial charge < -0.3 is 14.2 Å². The van der Waals surface area contributed by atoms with Crippen LogP contribution in [0.2, 0.25) is 0 Å². The van der Waals surface area contributed by atoms with E-state index in [0.717, 1.165) is 37.1 Å². The molecule has 0 radical (unpaired) electrons. The first-order chi connectivity index (χ1) is 11.7. The van der Waals surface area contributed by atoms with Gasteiger partial charge in [-0.25, -0.2) is 0 Å². The van der Waals surface area contributed by atoms with Gasteiger partial charge in [0.2, 0.25) is 0 Å². The number of nitrogens with zero attached hydrogens (tertiary/aromatic N) is 3. The Labute approximate surface area is 141 Å². The molecule has 1 saturated heterocycles. The van der Waals surface area contributed by atoms with Crippen LogP contribution in [0.25, 0.3) is 0 Å². The van der Waals surface area contributed by atoms with Crippen LogP contribution >= 0.6 is 0 Å². The number of hydrogen-bond donors (Lipinski definition) is 1. The topological polar surface area (TPSA) is 84.3 Å². The number of aromatic nitrogens is 3. The van der Waals surface area contributed by atoms with Gasteiger partial charge in [-0.3, -0.25) is 9.89 Å². The number of carbonyl (C=O) groups is 1. The Kier molecular flexibility index (Phi) is 4.99. The fourth-order valence-electron chi connectivity index (χ4n) is 3.38. The molecule has 7 heteroatoms. The molecule has 1 aliphatic rings. The molecule has 3 heterocycles. The summed E-state index contributed by atoms with van der Waals surface area (Å²) in [6.45, 7) is 5.66. The first-order valence-corrected chi connectivity index (χ1v) is 8.41. The molecule has 0 unspecified atom stereocenters. The lowest BCUT2D eigenvalue weighted by Crippen LogP contribution is -2.40. The lowest BCUT2D eigenvalue weighted by molar-refractivity contribution is 0.0691. The van der Waals surface area contributed by atoms with Gasteiger partial charge in [0.15, 0.2) is 5.69 Å². The van der Waals surface area contributed by atoms with Crippen LogP contribution in [-0.2, 0) is 17.8 Å². The van der Waals surface area contributed by atoms with Crippen molar-refractivity contribution in [3.8, 4) is 0 Å². The number of H-pyrrole nitrogens is 1. The Morgan fingerprint density at radius 2 is 2.38 bits per heavy atom. The van der Waals surface area contributed by atoms with E-state index in [-0.39, 0.29) is 5.91 Å². The van der Waals surface area contributed by atoms with E-state index >= 15 is 0 Å². The predicted molar refractivity (Wildman–Crippen MR) is 87.8 cm³/mol. The average molecular weight is 332 g/mol. The second-order valence-corrected chi connectivity index (χ2v) is 6.25. The highest BCUT2D eigenvalue weighted by Crippen LogP contribution is 2.29. The first kappa shape index (κ1) is 16.7. The van der Waals surface area contributed by atoms with Gasteiger partial charge in [0.1, 0.15) is 5.76 Å². The maximum absolute atomic E-state index is 12.9. The summed E-state index contributed by atoms with van der Waals surface area (Å²) in [6, 6.07) is 0. The molecule has 0 bridgehead atoms. The molecular weight excluding hydrogens is 308 g/mol. The molecule has 1 fully saturated rings. The van der Waals surface area contributed by atoms with E-state index in [4.69, 9.17) is 9.26 Å². The number of hydrogen-bond acceptors (Lipinski definition) is 5. The van der Waals surface area contributed by atoms with Crippen LogP contribution in [0, 0.1) is 6.92 Å². The number of rotatable bonds is 5. The normalized spacial score (nSPS) is 18.1. The molecule has 0 aromatic carbocycles. The summed E-state index contributed by atoms with van der Waals surface area (Å²) in [5.41, 5.74) is 3.49. The molecule has 3 rings (SSSR count). The van der Waals surface area contributed by atoms with Crippen LogP contribution in [0.4, 0.5) is 0 Å². The third-order valence-corrected chi connectivity index (χ3v) is 4.73. The molecule has 1 aliphatic heterocycles. The van der Waals surface area contributed by atoms with Crippen LogP contribution in [0.1, 0.15) is 58.8 Å². The van der Waals surface area contributed by atoms with E-state index in [1.807, 2.05) is 11.1 Å². The third-order valence-electron chi connectivity index (χ3n) is 4.73. The summed E-state index contributed by atoms with van der Waals surface area (Å²) >= 11 is 0. The number of aryl methyl sites for hydroxylation is 2. The number of likely N-dealkylation sites (tertiary alicyclic amines) is 1. The van der Waals surface area contributed by atoms with E-state index in [9.17, 15) is 4.79 Å². The molecule has 1 amide bonds. The van der Waals surface area contributed by atoms with Crippen molar-refractivity contribution < 1.29 is 14.1 Å². The molecule has 0 spiro atoms. The number of carbonyl (C=O) groups excluding carboxylic acids is 1. The SMILES string of the molecule is CCc1cn[nH]c1[C@H]1CCCN(C(=O)c2noc(C)c2COC)C1. The Morgan fingerprint density at radius 1 is 1.54 bits per heavy atom.